The predicted octanol–water partition coefficient (Wildman–Crippen LogP) is 3.44. The molecule has 0 spiro atoms. The first-order chi connectivity index (χ1) is 13.4. The fourth-order valence-electron chi connectivity index (χ4n) is 3.92. The van der Waals surface area contributed by atoms with Crippen LogP contribution in [0.1, 0.15) is 35.4 Å². The highest BCUT2D eigenvalue weighted by atomic mass is 127. The van der Waals surface area contributed by atoms with Gasteiger partial charge in [-0.1, -0.05) is 0 Å². The first kappa shape index (κ1) is 23.4. The van der Waals surface area contributed by atoms with Gasteiger partial charge in [-0.05, 0) is 57.4 Å². The second kappa shape index (κ2) is 10.3. The minimum atomic E-state index is -0.182. The first-order valence-corrected chi connectivity index (χ1v) is 9.86. The summed E-state index contributed by atoms with van der Waals surface area (Å²) in [7, 11) is 3.76. The number of benzene rings is 1. The highest BCUT2D eigenvalue weighted by Gasteiger charge is 2.22. The van der Waals surface area contributed by atoms with E-state index in [1.54, 1.807) is 19.2 Å². The van der Waals surface area contributed by atoms with Crippen molar-refractivity contribution < 1.29 is 4.39 Å². The Morgan fingerprint density at radius 2 is 2.07 bits per heavy atom. The third kappa shape index (κ3) is 5.61. The number of nitrogens with zero attached hydrogens (tertiary/aromatic N) is 4. The molecular weight excluding hydrogens is 482 g/mol. The minimum absolute atomic E-state index is 0. The third-order valence-electron chi connectivity index (χ3n) is 5.58. The number of halogens is 2. The van der Waals surface area contributed by atoms with Crippen molar-refractivity contribution in [2.45, 2.75) is 46.2 Å². The summed E-state index contributed by atoms with van der Waals surface area (Å²) < 4.78 is 15.3. The van der Waals surface area contributed by atoms with E-state index in [1.165, 1.54) is 5.56 Å². The lowest BCUT2D eigenvalue weighted by Crippen LogP contribution is -2.51. The van der Waals surface area contributed by atoms with Gasteiger partial charge in [0, 0.05) is 56.7 Å². The van der Waals surface area contributed by atoms with Crippen LogP contribution in [0.2, 0.25) is 0 Å². The third-order valence-corrected chi connectivity index (χ3v) is 5.58. The normalized spacial score (nSPS) is 17.1. The van der Waals surface area contributed by atoms with Crippen LogP contribution in [0, 0.1) is 26.6 Å². The van der Waals surface area contributed by atoms with E-state index in [1.807, 2.05) is 31.6 Å². The monoisotopic (exact) mass is 514 g/mol. The number of hydrogen-bond acceptors (Lipinski definition) is 3. The first-order valence-electron chi connectivity index (χ1n) is 9.86. The van der Waals surface area contributed by atoms with Gasteiger partial charge in [0.2, 0.25) is 0 Å². The highest BCUT2D eigenvalue weighted by Crippen LogP contribution is 2.24. The molecule has 3 rings (SSSR count). The molecule has 1 aromatic carbocycles. The molecule has 1 saturated heterocycles. The summed E-state index contributed by atoms with van der Waals surface area (Å²) in [6.45, 7) is 8.64. The molecular formula is C21H32FIN6. The topological polar surface area (TPSA) is 57.5 Å². The molecule has 0 saturated carbocycles. The smallest absolute Gasteiger partial charge is 0.191 e. The van der Waals surface area contributed by atoms with Crippen molar-refractivity contribution in [2.75, 3.05) is 25.0 Å². The van der Waals surface area contributed by atoms with Crippen LogP contribution in [0.5, 0.6) is 0 Å². The maximum Gasteiger partial charge on any atom is 0.191 e. The van der Waals surface area contributed by atoms with E-state index in [4.69, 9.17) is 0 Å². The molecule has 160 valence electrons. The van der Waals surface area contributed by atoms with Crippen LogP contribution >= 0.6 is 24.0 Å². The fourth-order valence-corrected chi connectivity index (χ4v) is 3.92. The standard InChI is InChI=1S/C21H31FN6.HI/c1-14-11-17(22)8-9-20(14)28-10-6-7-18(13-28)25-21(23-4)24-12-19-15(2)26-27(5)16(19)3;/h8-9,11,18H,6-7,10,12-13H2,1-5H3,(H2,23,24,25);1H. The zero-order valence-electron chi connectivity index (χ0n) is 17.9. The van der Waals surface area contributed by atoms with Gasteiger partial charge in [0.25, 0.3) is 0 Å². The lowest BCUT2D eigenvalue weighted by atomic mass is 10.0. The molecule has 6 nitrogen and oxygen atoms in total. The maximum atomic E-state index is 13.4. The van der Waals surface area contributed by atoms with Gasteiger partial charge < -0.3 is 15.5 Å². The number of piperidine rings is 1. The Hall–Kier alpha value is -1.84. The summed E-state index contributed by atoms with van der Waals surface area (Å²) in [6, 6.07) is 5.32. The largest absolute Gasteiger partial charge is 0.369 e. The Morgan fingerprint density at radius 1 is 1.31 bits per heavy atom. The second-order valence-electron chi connectivity index (χ2n) is 7.56. The summed E-state index contributed by atoms with van der Waals surface area (Å²) in [5.41, 5.74) is 5.50. The van der Waals surface area contributed by atoms with E-state index in [9.17, 15) is 4.39 Å². The maximum absolute atomic E-state index is 13.4. The SMILES string of the molecule is CN=C(NCc1c(C)nn(C)c1C)NC1CCCN(c2ccc(F)cc2C)C1.I. The van der Waals surface area contributed by atoms with E-state index in [2.05, 4.69) is 32.5 Å². The Balaban J connectivity index is 0.00000300. The molecule has 0 bridgehead atoms. The molecule has 1 unspecified atom stereocenters. The van der Waals surface area contributed by atoms with E-state index < -0.39 is 0 Å². The Labute approximate surface area is 190 Å². The number of hydrogen-bond donors (Lipinski definition) is 2. The van der Waals surface area contributed by atoms with E-state index in [0.717, 1.165) is 54.5 Å². The van der Waals surface area contributed by atoms with Gasteiger partial charge in [-0.25, -0.2) is 4.39 Å². The van der Waals surface area contributed by atoms with Crippen molar-refractivity contribution in [3.05, 3.63) is 46.5 Å². The van der Waals surface area contributed by atoms with Crippen molar-refractivity contribution in [3.63, 3.8) is 0 Å². The molecule has 0 amide bonds. The number of nitrogens with one attached hydrogen (secondary N) is 2. The molecule has 2 heterocycles. The van der Waals surface area contributed by atoms with Gasteiger partial charge in [0.15, 0.2) is 5.96 Å². The van der Waals surface area contributed by atoms with E-state index in [-0.39, 0.29) is 29.8 Å². The predicted molar refractivity (Wildman–Crippen MR) is 128 cm³/mol. The van der Waals surface area contributed by atoms with Crippen LogP contribution in [0.3, 0.4) is 0 Å². The van der Waals surface area contributed by atoms with E-state index in [0.29, 0.717) is 12.6 Å². The number of anilines is 1. The van der Waals surface area contributed by atoms with Crippen LogP contribution in [0.4, 0.5) is 10.1 Å². The van der Waals surface area contributed by atoms with Crippen molar-refractivity contribution in [3.8, 4) is 0 Å². The lowest BCUT2D eigenvalue weighted by Gasteiger charge is -2.36. The number of aromatic nitrogens is 2. The van der Waals surface area contributed by atoms with Crippen LogP contribution in [0.15, 0.2) is 23.2 Å². The lowest BCUT2D eigenvalue weighted by molar-refractivity contribution is 0.467. The second-order valence-corrected chi connectivity index (χ2v) is 7.56. The summed E-state index contributed by atoms with van der Waals surface area (Å²) in [5.74, 6) is 0.615. The van der Waals surface area contributed by atoms with Gasteiger partial charge in [-0.3, -0.25) is 9.67 Å². The average molecular weight is 514 g/mol. The number of aryl methyl sites for hydroxylation is 3. The molecule has 29 heavy (non-hydrogen) atoms. The highest BCUT2D eigenvalue weighted by molar-refractivity contribution is 14.0. The molecule has 2 aromatic rings. The van der Waals surface area contributed by atoms with Gasteiger partial charge in [0.05, 0.1) is 5.69 Å². The van der Waals surface area contributed by atoms with Crippen molar-refractivity contribution in [1.29, 1.82) is 0 Å². The van der Waals surface area contributed by atoms with Gasteiger partial charge in [-0.2, -0.15) is 5.10 Å². The Kier molecular flexibility index (Phi) is 8.30. The Morgan fingerprint density at radius 3 is 2.69 bits per heavy atom. The molecule has 0 radical (unpaired) electrons. The molecule has 1 aliphatic heterocycles. The van der Waals surface area contributed by atoms with E-state index >= 15 is 0 Å². The molecule has 1 fully saturated rings. The van der Waals surface area contributed by atoms with Crippen LogP contribution in [-0.2, 0) is 13.6 Å². The number of guanidine groups is 1. The molecule has 1 aromatic heterocycles. The molecule has 0 aliphatic carbocycles. The fraction of sp³-hybridized carbons (Fsp3) is 0.524. The van der Waals surface area contributed by atoms with Gasteiger partial charge in [0.1, 0.15) is 5.82 Å². The average Bonchev–Trinajstić information content (AvgIpc) is 2.90. The zero-order chi connectivity index (χ0) is 20.3. The van der Waals surface area contributed by atoms with Crippen LogP contribution < -0.4 is 15.5 Å². The minimum Gasteiger partial charge on any atom is -0.369 e. The number of rotatable bonds is 4. The summed E-state index contributed by atoms with van der Waals surface area (Å²) >= 11 is 0. The summed E-state index contributed by atoms with van der Waals surface area (Å²) in [5, 5.41) is 11.4. The molecule has 1 atom stereocenters. The number of aliphatic imine (C=N–C) groups is 1. The zero-order valence-corrected chi connectivity index (χ0v) is 20.3. The molecule has 8 heteroatoms. The van der Waals surface area contributed by atoms with Gasteiger partial charge in [-0.15, -0.1) is 24.0 Å². The van der Waals surface area contributed by atoms with Crippen LogP contribution in [0.25, 0.3) is 0 Å². The van der Waals surface area contributed by atoms with Crippen molar-refractivity contribution >= 4 is 35.6 Å². The molecule has 2 N–H and O–H groups in total. The Bertz CT molecular complexity index is 863. The summed E-state index contributed by atoms with van der Waals surface area (Å²) in [4.78, 5) is 6.72. The quantitative estimate of drug-likeness (QED) is 0.373. The van der Waals surface area contributed by atoms with Crippen LogP contribution in [-0.4, -0.2) is 41.9 Å². The summed E-state index contributed by atoms with van der Waals surface area (Å²) in [6.07, 6.45) is 2.18. The molecule has 1 aliphatic rings. The van der Waals surface area contributed by atoms with Crippen molar-refractivity contribution in [2.24, 2.45) is 12.0 Å². The van der Waals surface area contributed by atoms with Gasteiger partial charge >= 0.3 is 0 Å². The van der Waals surface area contributed by atoms with Crippen molar-refractivity contribution in [1.82, 2.24) is 20.4 Å².